The lowest BCUT2D eigenvalue weighted by Gasteiger charge is -2.23. The van der Waals surface area contributed by atoms with E-state index in [1.807, 2.05) is 6.07 Å². The second kappa shape index (κ2) is 10.4. The van der Waals surface area contributed by atoms with Gasteiger partial charge in [0.2, 0.25) is 5.91 Å². The van der Waals surface area contributed by atoms with Crippen LogP contribution >= 0.6 is 11.8 Å². The minimum atomic E-state index is -0.164. The minimum absolute atomic E-state index is 0.0586. The maximum Gasteiger partial charge on any atom is 0.222 e. The van der Waals surface area contributed by atoms with Crippen molar-refractivity contribution in [2.75, 3.05) is 19.0 Å². The summed E-state index contributed by atoms with van der Waals surface area (Å²) in [6, 6.07) is 9.99. The van der Waals surface area contributed by atoms with Crippen LogP contribution in [0.2, 0.25) is 0 Å². The van der Waals surface area contributed by atoms with E-state index in [1.165, 1.54) is 18.7 Å². The van der Waals surface area contributed by atoms with Crippen molar-refractivity contribution in [3.8, 4) is 0 Å². The van der Waals surface area contributed by atoms with Crippen LogP contribution in [0.1, 0.15) is 53.3 Å². The monoisotopic (exact) mass is 455 g/mol. The average molecular weight is 456 g/mol. The number of anilines is 1. The van der Waals surface area contributed by atoms with Crippen molar-refractivity contribution in [3.63, 3.8) is 0 Å². The van der Waals surface area contributed by atoms with Crippen LogP contribution in [0.25, 0.3) is 11.0 Å². The summed E-state index contributed by atoms with van der Waals surface area (Å²) >= 11 is 1.53. The molecule has 1 amide bonds. The summed E-state index contributed by atoms with van der Waals surface area (Å²) in [5, 5.41) is 11.7. The third-order valence-electron chi connectivity index (χ3n) is 5.31. The first kappa shape index (κ1) is 24.2. The molecule has 0 aliphatic carbocycles. The van der Waals surface area contributed by atoms with Crippen LogP contribution in [0.15, 0.2) is 40.3 Å². The van der Waals surface area contributed by atoms with Gasteiger partial charge in [-0.05, 0) is 42.7 Å². The third-order valence-corrected chi connectivity index (χ3v) is 6.22. The second-order valence-electron chi connectivity index (χ2n) is 9.04. The van der Waals surface area contributed by atoms with E-state index >= 15 is 0 Å². The van der Waals surface area contributed by atoms with Crippen LogP contribution in [0.3, 0.4) is 0 Å². The lowest BCUT2D eigenvalue weighted by molar-refractivity contribution is -0.114. The van der Waals surface area contributed by atoms with E-state index in [-0.39, 0.29) is 11.3 Å². The number of fused-ring (bicyclic) bond motifs is 1. The van der Waals surface area contributed by atoms with Crippen molar-refractivity contribution in [3.05, 3.63) is 36.2 Å². The molecule has 3 aromatic rings. The molecule has 0 saturated carbocycles. The van der Waals surface area contributed by atoms with Gasteiger partial charge >= 0.3 is 0 Å². The van der Waals surface area contributed by atoms with Gasteiger partial charge in [0.1, 0.15) is 10.9 Å². The van der Waals surface area contributed by atoms with Crippen molar-refractivity contribution in [1.29, 1.82) is 0 Å². The van der Waals surface area contributed by atoms with Crippen LogP contribution in [-0.2, 0) is 21.5 Å². The summed E-state index contributed by atoms with van der Waals surface area (Å²) in [4.78, 5) is 17.2. The molecule has 2 aromatic heterocycles. The molecule has 0 aliphatic heterocycles. The number of benzene rings is 1. The molecule has 0 fully saturated rings. The van der Waals surface area contributed by atoms with Gasteiger partial charge in [0.15, 0.2) is 5.82 Å². The van der Waals surface area contributed by atoms with Crippen LogP contribution in [0.4, 0.5) is 5.82 Å². The normalized spacial score (nSPS) is 12.8. The highest BCUT2D eigenvalue weighted by Gasteiger charge is 2.24. The number of nitrogens with one attached hydrogen (secondary N) is 1. The number of nitrogens with zero attached hydrogens (tertiary/aromatic N) is 4. The van der Waals surface area contributed by atoms with E-state index in [2.05, 4.69) is 66.0 Å². The van der Waals surface area contributed by atoms with Gasteiger partial charge in [-0.2, -0.15) is 0 Å². The molecular formula is C24H33N5O2S. The number of rotatable bonds is 9. The fraction of sp³-hybridized carbons (Fsp3) is 0.500. The van der Waals surface area contributed by atoms with Gasteiger partial charge in [-0.25, -0.2) is 4.98 Å². The quantitative estimate of drug-likeness (QED) is 0.472. The lowest BCUT2D eigenvalue weighted by atomic mass is 9.95. The van der Waals surface area contributed by atoms with Crippen molar-refractivity contribution in [2.24, 2.45) is 5.92 Å². The lowest BCUT2D eigenvalue weighted by Crippen LogP contribution is -2.22. The minimum Gasteiger partial charge on any atom is -0.385 e. The number of imidazole rings is 1. The Labute approximate surface area is 194 Å². The Hall–Kier alpha value is -2.45. The molecule has 8 heteroatoms. The van der Waals surface area contributed by atoms with Gasteiger partial charge in [0.25, 0.3) is 0 Å². The van der Waals surface area contributed by atoms with Crippen LogP contribution in [0.5, 0.6) is 0 Å². The number of methoxy groups -OCH3 is 1. The molecule has 1 unspecified atom stereocenters. The summed E-state index contributed by atoms with van der Waals surface area (Å²) in [6.07, 6.45) is 2.14. The summed E-state index contributed by atoms with van der Waals surface area (Å²) in [5.74, 6) is 1.93. The molecule has 32 heavy (non-hydrogen) atoms. The second-order valence-corrected chi connectivity index (χ2v) is 10.1. The van der Waals surface area contributed by atoms with E-state index in [1.54, 1.807) is 13.2 Å². The largest absolute Gasteiger partial charge is 0.385 e. The van der Waals surface area contributed by atoms with Gasteiger partial charge in [-0.3, -0.25) is 4.79 Å². The maximum absolute atomic E-state index is 11.2. The van der Waals surface area contributed by atoms with Crippen molar-refractivity contribution < 1.29 is 9.53 Å². The molecular weight excluding hydrogens is 422 g/mol. The molecule has 0 radical (unpaired) electrons. The Bertz CT molecular complexity index is 1060. The predicted molar refractivity (Wildman–Crippen MR) is 129 cm³/mol. The maximum atomic E-state index is 11.2. The Morgan fingerprint density at radius 2 is 2.00 bits per heavy atom. The molecule has 0 aliphatic rings. The molecule has 172 valence electrons. The van der Waals surface area contributed by atoms with Crippen molar-refractivity contribution >= 4 is 34.5 Å². The molecule has 0 saturated heterocycles. The third kappa shape index (κ3) is 6.07. The first-order chi connectivity index (χ1) is 15.2. The Kier molecular flexibility index (Phi) is 7.90. The standard InChI is InChI=1S/C24H33N5O2S/c1-7-17(12-13-31-6)15-29-20-9-8-18(14-19(20)26-23(29)24(3,4)5)32-22-11-10-21(27-28-22)25-16(2)30/h8-11,14,17H,7,12-13,15H2,1-6H3,(H,25,27,30). The molecule has 1 atom stereocenters. The van der Waals surface area contributed by atoms with E-state index in [0.717, 1.165) is 52.8 Å². The number of aromatic nitrogens is 4. The van der Waals surface area contributed by atoms with Crippen molar-refractivity contribution in [1.82, 2.24) is 19.7 Å². The van der Waals surface area contributed by atoms with E-state index < -0.39 is 0 Å². The highest BCUT2D eigenvalue weighted by molar-refractivity contribution is 7.99. The smallest absolute Gasteiger partial charge is 0.222 e. The zero-order valence-corrected chi connectivity index (χ0v) is 20.6. The van der Waals surface area contributed by atoms with Gasteiger partial charge in [-0.15, -0.1) is 10.2 Å². The number of hydrogen-bond acceptors (Lipinski definition) is 6. The summed E-state index contributed by atoms with van der Waals surface area (Å²) in [7, 11) is 1.76. The van der Waals surface area contributed by atoms with Gasteiger partial charge in [-0.1, -0.05) is 45.9 Å². The molecule has 3 rings (SSSR count). The van der Waals surface area contributed by atoms with E-state index in [9.17, 15) is 4.79 Å². The van der Waals surface area contributed by atoms with Gasteiger partial charge in [0, 0.05) is 37.5 Å². The van der Waals surface area contributed by atoms with Gasteiger partial charge in [0.05, 0.1) is 11.0 Å². The molecule has 1 aromatic carbocycles. The zero-order chi connectivity index (χ0) is 23.3. The Morgan fingerprint density at radius 3 is 2.59 bits per heavy atom. The number of amides is 1. The number of hydrogen-bond donors (Lipinski definition) is 1. The van der Waals surface area contributed by atoms with Crippen LogP contribution in [-0.4, -0.2) is 39.4 Å². The summed E-state index contributed by atoms with van der Waals surface area (Å²) in [6.45, 7) is 12.0. The van der Waals surface area contributed by atoms with Crippen LogP contribution in [0, 0.1) is 5.92 Å². The molecule has 7 nitrogen and oxygen atoms in total. The average Bonchev–Trinajstić information content (AvgIpc) is 3.10. The molecule has 1 N–H and O–H groups in total. The number of carbonyl (C=O) groups is 1. The number of carbonyl (C=O) groups excluding carboxylic acids is 1. The Morgan fingerprint density at radius 1 is 1.22 bits per heavy atom. The summed E-state index contributed by atoms with van der Waals surface area (Å²) < 4.78 is 7.70. The topological polar surface area (TPSA) is 81.9 Å². The van der Waals surface area contributed by atoms with Crippen LogP contribution < -0.4 is 5.32 Å². The first-order valence-corrected chi connectivity index (χ1v) is 11.8. The Balaban J connectivity index is 1.88. The molecule has 0 spiro atoms. The molecule has 0 bridgehead atoms. The van der Waals surface area contributed by atoms with Crippen molar-refractivity contribution in [2.45, 2.75) is 69.3 Å². The fourth-order valence-corrected chi connectivity index (χ4v) is 4.41. The summed E-state index contributed by atoms with van der Waals surface area (Å²) in [5.41, 5.74) is 2.09. The predicted octanol–water partition coefficient (Wildman–Crippen LogP) is 5.30. The van der Waals surface area contributed by atoms with E-state index in [0.29, 0.717) is 11.7 Å². The highest BCUT2D eigenvalue weighted by Crippen LogP contribution is 2.32. The molecule has 2 heterocycles. The SMILES string of the molecule is CCC(CCOC)Cn1c(C(C)(C)C)nc2cc(Sc3ccc(NC(C)=O)nn3)ccc21. The zero-order valence-electron chi connectivity index (χ0n) is 19.8. The van der Waals surface area contributed by atoms with E-state index in [4.69, 9.17) is 9.72 Å². The first-order valence-electron chi connectivity index (χ1n) is 11.0. The van der Waals surface area contributed by atoms with Gasteiger partial charge < -0.3 is 14.6 Å². The fourth-order valence-electron chi connectivity index (χ4n) is 3.64. The highest BCUT2D eigenvalue weighted by atomic mass is 32.2. The number of ether oxygens (including phenoxy) is 1.